The van der Waals surface area contributed by atoms with Crippen molar-refractivity contribution in [2.75, 3.05) is 11.9 Å². The lowest BCUT2D eigenvalue weighted by Gasteiger charge is -2.25. The molecule has 0 unspecified atom stereocenters. The molecule has 6 heteroatoms. The Bertz CT molecular complexity index is 810. The maximum absolute atomic E-state index is 12.3. The summed E-state index contributed by atoms with van der Waals surface area (Å²) < 4.78 is 11.2. The molecule has 4 rings (SSSR count). The van der Waals surface area contributed by atoms with Crippen LogP contribution in [0.4, 0.5) is 5.95 Å². The van der Waals surface area contributed by atoms with Crippen molar-refractivity contribution in [2.24, 2.45) is 0 Å². The minimum Gasteiger partial charge on any atom is -0.485 e. The van der Waals surface area contributed by atoms with Gasteiger partial charge in [0.1, 0.15) is 6.61 Å². The SMILES string of the molecule is O=C(Nc1nc2ccccc2[nH]1)[C@H]1COc2ccccc2O1. The average molecular weight is 295 g/mol. The van der Waals surface area contributed by atoms with Gasteiger partial charge in [0.15, 0.2) is 11.5 Å². The van der Waals surface area contributed by atoms with Crippen molar-refractivity contribution in [3.05, 3.63) is 48.5 Å². The molecule has 1 aromatic heterocycles. The van der Waals surface area contributed by atoms with E-state index >= 15 is 0 Å². The summed E-state index contributed by atoms with van der Waals surface area (Å²) in [4.78, 5) is 19.6. The molecular weight excluding hydrogens is 282 g/mol. The summed E-state index contributed by atoms with van der Waals surface area (Å²) in [5.74, 6) is 1.32. The Morgan fingerprint density at radius 3 is 2.77 bits per heavy atom. The van der Waals surface area contributed by atoms with Crippen molar-refractivity contribution in [1.29, 1.82) is 0 Å². The molecular formula is C16H13N3O3. The van der Waals surface area contributed by atoms with E-state index in [1.165, 1.54) is 0 Å². The molecule has 1 aliphatic heterocycles. The Morgan fingerprint density at radius 1 is 1.14 bits per heavy atom. The maximum atomic E-state index is 12.3. The van der Waals surface area contributed by atoms with Crippen molar-refractivity contribution < 1.29 is 14.3 Å². The molecule has 2 heterocycles. The van der Waals surface area contributed by atoms with E-state index in [4.69, 9.17) is 9.47 Å². The van der Waals surface area contributed by atoms with Gasteiger partial charge in [-0.15, -0.1) is 0 Å². The number of hydrogen-bond acceptors (Lipinski definition) is 4. The van der Waals surface area contributed by atoms with E-state index in [9.17, 15) is 4.79 Å². The fourth-order valence-electron chi connectivity index (χ4n) is 2.36. The van der Waals surface area contributed by atoms with Gasteiger partial charge in [-0.1, -0.05) is 24.3 Å². The number of fused-ring (bicyclic) bond motifs is 2. The molecule has 1 amide bonds. The fourth-order valence-corrected chi connectivity index (χ4v) is 2.36. The quantitative estimate of drug-likeness (QED) is 0.761. The number of anilines is 1. The Balaban J connectivity index is 1.51. The normalized spacial score (nSPS) is 16.5. The Hall–Kier alpha value is -3.02. The highest BCUT2D eigenvalue weighted by atomic mass is 16.6. The van der Waals surface area contributed by atoms with Crippen LogP contribution >= 0.6 is 0 Å². The molecule has 22 heavy (non-hydrogen) atoms. The minimum atomic E-state index is -0.705. The standard InChI is InChI=1S/C16H13N3O3/c20-15(14-9-21-12-7-3-4-8-13(12)22-14)19-16-17-10-5-1-2-6-11(10)18-16/h1-8,14H,9H2,(H2,17,18,19,20)/t14-/m1/s1. The monoisotopic (exact) mass is 295 g/mol. The third-order valence-corrected chi connectivity index (χ3v) is 3.43. The molecule has 0 aliphatic carbocycles. The first-order chi connectivity index (χ1) is 10.8. The van der Waals surface area contributed by atoms with E-state index in [0.29, 0.717) is 17.4 Å². The first-order valence-electron chi connectivity index (χ1n) is 6.94. The lowest BCUT2D eigenvalue weighted by molar-refractivity contribution is -0.125. The zero-order valence-electron chi connectivity index (χ0n) is 11.6. The molecule has 110 valence electrons. The smallest absolute Gasteiger partial charge is 0.271 e. The highest BCUT2D eigenvalue weighted by Gasteiger charge is 2.27. The number of imidazole rings is 1. The maximum Gasteiger partial charge on any atom is 0.271 e. The van der Waals surface area contributed by atoms with Crippen LogP contribution in [-0.4, -0.2) is 28.6 Å². The number of amides is 1. The van der Waals surface area contributed by atoms with E-state index in [1.54, 1.807) is 6.07 Å². The lowest BCUT2D eigenvalue weighted by Crippen LogP contribution is -2.40. The van der Waals surface area contributed by atoms with Crippen LogP contribution in [-0.2, 0) is 4.79 Å². The Labute approximate surface area is 126 Å². The van der Waals surface area contributed by atoms with E-state index in [1.807, 2.05) is 42.5 Å². The third-order valence-electron chi connectivity index (χ3n) is 3.43. The predicted octanol–water partition coefficient (Wildman–Crippen LogP) is 2.34. The minimum absolute atomic E-state index is 0.170. The summed E-state index contributed by atoms with van der Waals surface area (Å²) >= 11 is 0. The van der Waals surface area contributed by atoms with Crippen LogP contribution in [0.5, 0.6) is 11.5 Å². The van der Waals surface area contributed by atoms with Crippen molar-refractivity contribution in [3.8, 4) is 11.5 Å². The van der Waals surface area contributed by atoms with Crippen LogP contribution in [0.2, 0.25) is 0 Å². The predicted molar refractivity (Wildman–Crippen MR) is 81.1 cm³/mol. The largest absolute Gasteiger partial charge is 0.485 e. The van der Waals surface area contributed by atoms with E-state index in [0.717, 1.165) is 11.0 Å². The second-order valence-electron chi connectivity index (χ2n) is 4.96. The topological polar surface area (TPSA) is 76.2 Å². The fraction of sp³-hybridized carbons (Fsp3) is 0.125. The number of hydrogen-bond donors (Lipinski definition) is 2. The van der Waals surface area contributed by atoms with Crippen molar-refractivity contribution >= 4 is 22.9 Å². The highest BCUT2D eigenvalue weighted by Crippen LogP contribution is 2.31. The van der Waals surface area contributed by atoms with Crippen molar-refractivity contribution in [1.82, 2.24) is 9.97 Å². The average Bonchev–Trinajstić information content (AvgIpc) is 2.96. The summed E-state index contributed by atoms with van der Waals surface area (Å²) in [6.45, 7) is 0.170. The van der Waals surface area contributed by atoms with Gasteiger partial charge in [0.05, 0.1) is 11.0 Å². The number of para-hydroxylation sites is 4. The van der Waals surface area contributed by atoms with Crippen LogP contribution < -0.4 is 14.8 Å². The molecule has 0 radical (unpaired) electrons. The number of nitrogens with one attached hydrogen (secondary N) is 2. The van der Waals surface area contributed by atoms with Gasteiger partial charge in [-0.2, -0.15) is 0 Å². The number of carbonyl (C=O) groups is 1. The zero-order valence-corrected chi connectivity index (χ0v) is 11.6. The van der Waals surface area contributed by atoms with Crippen LogP contribution in [0.15, 0.2) is 48.5 Å². The third kappa shape index (κ3) is 2.24. The molecule has 0 saturated carbocycles. The van der Waals surface area contributed by atoms with Crippen molar-refractivity contribution in [3.63, 3.8) is 0 Å². The second-order valence-corrected chi connectivity index (χ2v) is 4.96. The van der Waals surface area contributed by atoms with Crippen LogP contribution in [0, 0.1) is 0 Å². The summed E-state index contributed by atoms with van der Waals surface area (Å²) in [6.07, 6.45) is -0.705. The molecule has 2 N–H and O–H groups in total. The highest BCUT2D eigenvalue weighted by molar-refractivity contribution is 5.94. The molecule has 0 spiro atoms. The van der Waals surface area contributed by atoms with Gasteiger partial charge in [-0.05, 0) is 24.3 Å². The molecule has 3 aromatic rings. The van der Waals surface area contributed by atoms with Gasteiger partial charge in [-0.25, -0.2) is 4.98 Å². The van der Waals surface area contributed by atoms with E-state index in [2.05, 4.69) is 15.3 Å². The molecule has 1 atom stereocenters. The van der Waals surface area contributed by atoms with Crippen molar-refractivity contribution in [2.45, 2.75) is 6.10 Å². The number of ether oxygens (including phenoxy) is 2. The zero-order chi connectivity index (χ0) is 14.9. The Morgan fingerprint density at radius 2 is 1.91 bits per heavy atom. The number of H-pyrrole nitrogens is 1. The van der Waals surface area contributed by atoms with E-state index in [-0.39, 0.29) is 12.5 Å². The Kier molecular flexibility index (Phi) is 2.93. The van der Waals surface area contributed by atoms with Crippen LogP contribution in [0.3, 0.4) is 0 Å². The molecule has 1 aliphatic rings. The van der Waals surface area contributed by atoms with Gasteiger partial charge >= 0.3 is 0 Å². The summed E-state index contributed by atoms with van der Waals surface area (Å²) in [5, 5.41) is 2.72. The van der Waals surface area contributed by atoms with E-state index < -0.39 is 6.10 Å². The molecule has 0 saturated heterocycles. The van der Waals surface area contributed by atoms with Gasteiger partial charge in [0.2, 0.25) is 12.1 Å². The van der Waals surface area contributed by atoms with Gasteiger partial charge in [0, 0.05) is 0 Å². The van der Waals surface area contributed by atoms with Gasteiger partial charge < -0.3 is 14.5 Å². The van der Waals surface area contributed by atoms with Gasteiger partial charge in [0.25, 0.3) is 5.91 Å². The number of nitrogens with zero attached hydrogens (tertiary/aromatic N) is 1. The number of carbonyl (C=O) groups excluding carboxylic acids is 1. The second kappa shape index (κ2) is 5.07. The lowest BCUT2D eigenvalue weighted by atomic mass is 10.2. The number of benzene rings is 2. The summed E-state index contributed by atoms with van der Waals surface area (Å²) in [5.41, 5.74) is 1.66. The number of aromatic amines is 1. The molecule has 6 nitrogen and oxygen atoms in total. The molecule has 0 bridgehead atoms. The molecule has 0 fully saturated rings. The first kappa shape index (κ1) is 12.7. The molecule has 2 aromatic carbocycles. The van der Waals surface area contributed by atoms with Gasteiger partial charge in [-0.3, -0.25) is 10.1 Å². The number of aromatic nitrogens is 2. The number of rotatable bonds is 2. The summed E-state index contributed by atoms with van der Waals surface area (Å²) in [7, 11) is 0. The van der Waals surface area contributed by atoms with Crippen LogP contribution in [0.1, 0.15) is 0 Å². The van der Waals surface area contributed by atoms with Crippen LogP contribution in [0.25, 0.3) is 11.0 Å². The summed E-state index contributed by atoms with van der Waals surface area (Å²) in [6, 6.07) is 14.8. The first-order valence-corrected chi connectivity index (χ1v) is 6.94.